The van der Waals surface area contributed by atoms with Crippen LogP contribution in [0.4, 0.5) is 0 Å². The second-order valence-electron chi connectivity index (χ2n) is 1.22. The van der Waals surface area contributed by atoms with Gasteiger partial charge >= 0.3 is 51.4 Å². The van der Waals surface area contributed by atoms with E-state index < -0.39 is 0 Å². The van der Waals surface area contributed by atoms with Gasteiger partial charge in [-0.3, -0.25) is 0 Å². The Hall–Kier alpha value is 1.56. The Kier molecular flexibility index (Phi) is 17.1. The molecule has 0 aliphatic rings. The third kappa shape index (κ3) is 11.2. The third-order valence-electron chi connectivity index (χ3n) is 0.612. The minimum atomic E-state index is 0. The Balaban J connectivity index is 0. The van der Waals surface area contributed by atoms with E-state index in [-0.39, 0.29) is 51.4 Å². The van der Waals surface area contributed by atoms with Crippen molar-refractivity contribution < 1.29 is 56.6 Å². The first-order valence-electron chi connectivity index (χ1n) is 2.22. The second kappa shape index (κ2) is 10.5. The molecule has 0 saturated heterocycles. The van der Waals surface area contributed by atoms with Crippen molar-refractivity contribution in [2.45, 2.75) is 19.8 Å². The second-order valence-corrected chi connectivity index (χ2v) is 1.22. The molecule has 0 unspecified atom stereocenters. The smallest absolute Gasteiger partial charge is 0.538 e. The molecule has 38 valence electrons. The van der Waals surface area contributed by atoms with Crippen molar-refractivity contribution in [1.82, 2.24) is 0 Å². The Morgan fingerprint density at radius 3 is 2.29 bits per heavy atom. The van der Waals surface area contributed by atoms with Crippen LogP contribution in [-0.2, 0) is 0 Å². The van der Waals surface area contributed by atoms with Crippen LogP contribution in [0.3, 0.4) is 0 Å². The van der Waals surface area contributed by atoms with Crippen LogP contribution >= 0.6 is 0 Å². The van der Waals surface area contributed by atoms with Crippen molar-refractivity contribution in [2.75, 3.05) is 6.54 Å². The van der Waals surface area contributed by atoms with Gasteiger partial charge in [0.05, 0.1) is 0 Å². The van der Waals surface area contributed by atoms with Crippen molar-refractivity contribution in [3.63, 3.8) is 0 Å². The fourth-order valence-corrected chi connectivity index (χ4v) is 0.229. The molecule has 0 atom stereocenters. The Labute approximate surface area is 87.1 Å². The number of hydrogen-bond donors (Lipinski definition) is 1. The molecule has 0 radical (unpaired) electrons. The summed E-state index contributed by atoms with van der Waals surface area (Å²) in [6.45, 7) is 2.65. The molecule has 0 aliphatic carbocycles. The molecule has 0 aromatic heterocycles. The summed E-state index contributed by atoms with van der Waals surface area (Å²) in [5, 5.41) is 7.82. The number of hydroxylamine groups is 1. The van der Waals surface area contributed by atoms with Crippen LogP contribution in [0.15, 0.2) is 0 Å². The van der Waals surface area contributed by atoms with Gasteiger partial charge in [0.1, 0.15) is 0 Å². The summed E-state index contributed by atoms with van der Waals surface area (Å²) >= 11 is 0. The normalized spacial score (nSPS) is 7.71. The van der Waals surface area contributed by atoms with Gasteiger partial charge in [0.15, 0.2) is 0 Å². The van der Waals surface area contributed by atoms with E-state index in [0.29, 0.717) is 6.54 Å². The summed E-state index contributed by atoms with van der Waals surface area (Å²) in [5.74, 6) is 0. The Bertz CT molecular complexity index is 23.7. The van der Waals surface area contributed by atoms with Gasteiger partial charge < -0.3 is 10.7 Å². The minimum absolute atomic E-state index is 0. The summed E-state index contributed by atoms with van der Waals surface area (Å²) in [6.07, 6.45) is 2.10. The van der Waals surface area contributed by atoms with Crippen LogP contribution in [0.1, 0.15) is 19.8 Å². The van der Waals surface area contributed by atoms with Gasteiger partial charge in [-0.25, -0.2) is 0 Å². The van der Waals surface area contributed by atoms with Gasteiger partial charge in [-0.05, 0) is 0 Å². The molecule has 0 saturated carbocycles. The third-order valence-corrected chi connectivity index (χ3v) is 0.612. The summed E-state index contributed by atoms with van der Waals surface area (Å²) in [4.78, 5) is 0. The van der Waals surface area contributed by atoms with Crippen molar-refractivity contribution in [2.24, 2.45) is 0 Å². The predicted octanol–water partition coefficient (Wildman–Crippen LogP) is -1.45. The predicted molar refractivity (Wildman–Crippen MR) is 24.9 cm³/mol. The Morgan fingerprint density at radius 1 is 1.57 bits per heavy atom. The van der Waals surface area contributed by atoms with Gasteiger partial charge in [0.25, 0.3) is 0 Å². The SMILES string of the molecule is CCCC[N-]O.[K+]. The van der Waals surface area contributed by atoms with Gasteiger partial charge in [-0.2, -0.15) is 0 Å². The van der Waals surface area contributed by atoms with E-state index in [4.69, 9.17) is 5.21 Å². The van der Waals surface area contributed by atoms with Crippen LogP contribution in [0.2, 0.25) is 0 Å². The van der Waals surface area contributed by atoms with Gasteiger partial charge in [-0.15, -0.1) is 6.54 Å². The molecule has 0 bridgehead atoms. The molecule has 1 N–H and O–H groups in total. The average molecular weight is 127 g/mol. The molecular formula is C4H10KNO. The fraction of sp³-hybridized carbons (Fsp3) is 1.00. The fourth-order valence-electron chi connectivity index (χ4n) is 0.229. The maximum absolute atomic E-state index is 7.82. The number of nitrogens with zero attached hydrogens (tertiary/aromatic N) is 1. The van der Waals surface area contributed by atoms with Crippen LogP contribution in [0.5, 0.6) is 0 Å². The summed E-state index contributed by atoms with van der Waals surface area (Å²) in [6, 6.07) is 0. The molecule has 0 spiro atoms. The maximum atomic E-state index is 7.82. The van der Waals surface area contributed by atoms with E-state index in [2.05, 4.69) is 12.4 Å². The first-order valence-corrected chi connectivity index (χ1v) is 2.22. The van der Waals surface area contributed by atoms with Gasteiger partial charge in [0, 0.05) is 0 Å². The molecule has 7 heavy (non-hydrogen) atoms. The number of unbranched alkanes of at least 4 members (excludes halogenated alkanes) is 1. The zero-order chi connectivity index (χ0) is 4.83. The van der Waals surface area contributed by atoms with Crippen LogP contribution in [0.25, 0.3) is 5.48 Å². The van der Waals surface area contributed by atoms with Crippen LogP contribution < -0.4 is 51.4 Å². The van der Waals surface area contributed by atoms with Gasteiger partial charge in [0.2, 0.25) is 0 Å². The quantitative estimate of drug-likeness (QED) is 0.281. The molecule has 0 rings (SSSR count). The molecule has 0 aliphatic heterocycles. The van der Waals surface area contributed by atoms with Crippen molar-refractivity contribution in [3.8, 4) is 0 Å². The summed E-state index contributed by atoms with van der Waals surface area (Å²) in [5.41, 5.74) is 2.93. The monoisotopic (exact) mass is 127 g/mol. The topological polar surface area (TPSA) is 34.3 Å². The van der Waals surface area contributed by atoms with E-state index >= 15 is 0 Å². The summed E-state index contributed by atoms with van der Waals surface area (Å²) in [7, 11) is 0. The van der Waals surface area contributed by atoms with Gasteiger partial charge in [-0.1, -0.05) is 19.8 Å². The van der Waals surface area contributed by atoms with Crippen molar-refractivity contribution in [1.29, 1.82) is 0 Å². The molecule has 0 amide bonds. The van der Waals surface area contributed by atoms with Crippen LogP contribution in [-0.4, -0.2) is 11.8 Å². The number of hydrogen-bond acceptors (Lipinski definition) is 1. The zero-order valence-corrected chi connectivity index (χ0v) is 8.14. The van der Waals surface area contributed by atoms with E-state index in [1.807, 2.05) is 0 Å². The molecule has 0 heterocycles. The van der Waals surface area contributed by atoms with E-state index in [1.54, 1.807) is 0 Å². The number of rotatable bonds is 3. The standard InChI is InChI=1S/C4H10NO.K/c1-2-3-4-5-6;/h6H,2-4H2,1H3;/q-1;+1. The first kappa shape index (κ1) is 11.4. The summed E-state index contributed by atoms with van der Waals surface area (Å²) < 4.78 is 0. The first-order chi connectivity index (χ1) is 2.91. The van der Waals surface area contributed by atoms with Crippen LogP contribution in [0, 0.1) is 0 Å². The maximum Gasteiger partial charge on any atom is 1.00 e. The minimum Gasteiger partial charge on any atom is -0.538 e. The average Bonchev–Trinajstić information content (AvgIpc) is 1.61. The molecule has 0 fully saturated rings. The van der Waals surface area contributed by atoms with E-state index in [0.717, 1.165) is 12.8 Å². The molecular weight excluding hydrogens is 117 g/mol. The Morgan fingerprint density at radius 2 is 2.14 bits per heavy atom. The van der Waals surface area contributed by atoms with E-state index in [1.165, 1.54) is 0 Å². The van der Waals surface area contributed by atoms with Crippen molar-refractivity contribution >= 4 is 0 Å². The molecule has 2 nitrogen and oxygen atoms in total. The molecule has 0 aromatic rings. The molecule has 0 aromatic carbocycles. The zero-order valence-electron chi connectivity index (χ0n) is 5.02. The van der Waals surface area contributed by atoms with E-state index in [9.17, 15) is 0 Å². The van der Waals surface area contributed by atoms with Crippen molar-refractivity contribution in [3.05, 3.63) is 5.48 Å². The molecule has 3 heteroatoms. The largest absolute Gasteiger partial charge is 1.00 e.